The zero-order chi connectivity index (χ0) is 21.7. The van der Waals surface area contributed by atoms with Gasteiger partial charge in [0.25, 0.3) is 0 Å². The van der Waals surface area contributed by atoms with E-state index in [4.69, 9.17) is 4.74 Å². The Kier molecular flexibility index (Phi) is 4.59. The highest BCUT2D eigenvalue weighted by atomic mass is 19.1. The Morgan fingerprint density at radius 2 is 2.03 bits per heavy atom. The summed E-state index contributed by atoms with van der Waals surface area (Å²) in [4.78, 5) is 14.8. The first-order valence-electron chi connectivity index (χ1n) is 10.1. The Morgan fingerprint density at radius 1 is 1.23 bits per heavy atom. The summed E-state index contributed by atoms with van der Waals surface area (Å²) in [6, 6.07) is 9.02. The Balaban J connectivity index is 1.79. The molecule has 0 aliphatic carbocycles. The zero-order valence-corrected chi connectivity index (χ0v) is 17.1. The first-order valence-corrected chi connectivity index (χ1v) is 10.1. The van der Waals surface area contributed by atoms with E-state index in [2.05, 4.69) is 15.0 Å². The SMILES string of the molecule is CCc1cccc2cc(O)cc(-c3ncc4c(N5CC(O)C5)nc(OC)nc4c3F)c12. The fourth-order valence-electron chi connectivity index (χ4n) is 4.14. The number of hydrogen-bond acceptors (Lipinski definition) is 7. The van der Waals surface area contributed by atoms with Gasteiger partial charge in [-0.15, -0.1) is 0 Å². The molecule has 0 spiro atoms. The highest BCUT2D eigenvalue weighted by molar-refractivity contribution is 6.01. The van der Waals surface area contributed by atoms with Crippen molar-refractivity contribution >= 4 is 27.5 Å². The van der Waals surface area contributed by atoms with Gasteiger partial charge in [-0.2, -0.15) is 9.97 Å². The first kappa shape index (κ1) is 19.4. The van der Waals surface area contributed by atoms with Crippen molar-refractivity contribution in [1.82, 2.24) is 15.0 Å². The molecule has 0 bridgehead atoms. The quantitative estimate of drug-likeness (QED) is 0.523. The molecule has 158 valence electrons. The number of nitrogens with zero attached hydrogens (tertiary/aromatic N) is 4. The van der Waals surface area contributed by atoms with Gasteiger partial charge in [0.15, 0.2) is 5.82 Å². The van der Waals surface area contributed by atoms with Crippen LogP contribution < -0.4 is 9.64 Å². The number of aliphatic hydroxyl groups is 1. The third-order valence-corrected chi connectivity index (χ3v) is 5.67. The molecule has 1 fully saturated rings. The van der Waals surface area contributed by atoms with E-state index in [0.717, 1.165) is 22.8 Å². The van der Waals surface area contributed by atoms with Gasteiger partial charge in [0.2, 0.25) is 0 Å². The number of ether oxygens (including phenoxy) is 1. The molecule has 2 aromatic heterocycles. The Hall–Kier alpha value is -3.52. The van der Waals surface area contributed by atoms with Gasteiger partial charge in [0.1, 0.15) is 22.8 Å². The summed E-state index contributed by atoms with van der Waals surface area (Å²) in [6.07, 6.45) is 1.85. The lowest BCUT2D eigenvalue weighted by atomic mass is 9.95. The summed E-state index contributed by atoms with van der Waals surface area (Å²) in [7, 11) is 1.42. The highest BCUT2D eigenvalue weighted by Gasteiger charge is 2.29. The van der Waals surface area contributed by atoms with Gasteiger partial charge < -0.3 is 19.8 Å². The molecule has 1 aliphatic rings. The van der Waals surface area contributed by atoms with Crippen LogP contribution in [0.4, 0.5) is 10.2 Å². The number of benzene rings is 2. The molecule has 2 aromatic carbocycles. The second kappa shape index (κ2) is 7.31. The number of aromatic nitrogens is 3. The van der Waals surface area contributed by atoms with Crippen LogP contribution >= 0.6 is 0 Å². The number of phenolic OH excluding ortho intramolecular Hbond substituents is 1. The van der Waals surface area contributed by atoms with Gasteiger partial charge in [-0.05, 0) is 34.9 Å². The van der Waals surface area contributed by atoms with Crippen LogP contribution in [-0.2, 0) is 6.42 Å². The number of hydrogen-bond donors (Lipinski definition) is 2. The molecule has 7 nitrogen and oxygen atoms in total. The predicted molar refractivity (Wildman–Crippen MR) is 116 cm³/mol. The molecule has 0 atom stereocenters. The normalized spacial score (nSPS) is 14.3. The van der Waals surface area contributed by atoms with Crippen LogP contribution in [0.2, 0.25) is 0 Å². The molecule has 1 saturated heterocycles. The number of fused-ring (bicyclic) bond motifs is 2. The van der Waals surface area contributed by atoms with Gasteiger partial charge in [-0.1, -0.05) is 25.1 Å². The molecule has 31 heavy (non-hydrogen) atoms. The molecule has 5 rings (SSSR count). The van der Waals surface area contributed by atoms with Crippen molar-refractivity contribution in [1.29, 1.82) is 0 Å². The first-order chi connectivity index (χ1) is 15.0. The van der Waals surface area contributed by atoms with Crippen molar-refractivity contribution in [3.05, 3.63) is 47.9 Å². The van der Waals surface area contributed by atoms with Crippen molar-refractivity contribution < 1.29 is 19.3 Å². The van der Waals surface area contributed by atoms with E-state index in [1.54, 1.807) is 6.07 Å². The van der Waals surface area contributed by atoms with Crippen molar-refractivity contribution in [3.8, 4) is 23.0 Å². The average molecular weight is 420 g/mol. The standard InChI is InChI=1S/C23H21FN4O3/c1-3-12-5-4-6-13-7-14(29)8-16(18(12)13)20-19(24)21-17(9-25-20)22(27-23(26-21)31-2)28-10-15(30)11-28/h4-9,15,29-30H,3,10-11H2,1-2H3. The van der Waals surface area contributed by atoms with Crippen molar-refractivity contribution in [3.63, 3.8) is 0 Å². The van der Waals surface area contributed by atoms with E-state index in [-0.39, 0.29) is 23.0 Å². The van der Waals surface area contributed by atoms with Gasteiger partial charge in [-0.25, -0.2) is 4.39 Å². The van der Waals surface area contributed by atoms with Gasteiger partial charge in [0, 0.05) is 24.8 Å². The minimum Gasteiger partial charge on any atom is -0.508 e. The number of methoxy groups -OCH3 is 1. The molecule has 3 heterocycles. The number of β-amino-alcohol motifs (C(OH)–C–C–N with tert-alkyl or cyclic N) is 1. The summed E-state index contributed by atoms with van der Waals surface area (Å²) < 4.78 is 21.0. The van der Waals surface area contributed by atoms with Crippen molar-refractivity contribution in [2.75, 3.05) is 25.1 Å². The largest absolute Gasteiger partial charge is 0.508 e. The van der Waals surface area contributed by atoms with E-state index in [1.165, 1.54) is 19.4 Å². The minimum atomic E-state index is -0.613. The summed E-state index contributed by atoms with van der Waals surface area (Å²) >= 11 is 0. The zero-order valence-electron chi connectivity index (χ0n) is 17.1. The maximum atomic E-state index is 15.9. The molecule has 0 radical (unpaired) electrons. The molecule has 8 heteroatoms. The van der Waals surface area contributed by atoms with E-state index < -0.39 is 11.9 Å². The maximum absolute atomic E-state index is 15.9. The Labute approximate surface area is 177 Å². The summed E-state index contributed by atoms with van der Waals surface area (Å²) in [5, 5.41) is 22.0. The molecule has 0 saturated carbocycles. The summed E-state index contributed by atoms with van der Waals surface area (Å²) in [5.41, 5.74) is 1.72. The predicted octanol–water partition coefficient (Wildman–Crippen LogP) is 3.44. The number of aryl methyl sites for hydroxylation is 1. The third kappa shape index (κ3) is 3.11. The van der Waals surface area contributed by atoms with E-state index in [0.29, 0.717) is 29.9 Å². The van der Waals surface area contributed by atoms with Gasteiger partial charge >= 0.3 is 6.01 Å². The van der Waals surface area contributed by atoms with Gasteiger partial charge in [-0.3, -0.25) is 4.98 Å². The molecule has 0 amide bonds. The number of rotatable bonds is 4. The smallest absolute Gasteiger partial charge is 0.318 e. The number of aromatic hydroxyl groups is 1. The fraction of sp³-hybridized carbons (Fsp3) is 0.261. The van der Waals surface area contributed by atoms with Crippen LogP contribution in [0.3, 0.4) is 0 Å². The second-order valence-corrected chi connectivity index (χ2v) is 7.64. The monoisotopic (exact) mass is 420 g/mol. The van der Waals surface area contributed by atoms with Crippen LogP contribution in [0.15, 0.2) is 36.5 Å². The lowest BCUT2D eigenvalue weighted by Gasteiger charge is -2.37. The van der Waals surface area contributed by atoms with Crippen molar-refractivity contribution in [2.45, 2.75) is 19.4 Å². The molecule has 2 N–H and O–H groups in total. The summed E-state index contributed by atoms with van der Waals surface area (Å²) in [6.45, 7) is 2.83. The van der Waals surface area contributed by atoms with Crippen LogP contribution in [0.1, 0.15) is 12.5 Å². The molecule has 1 aliphatic heterocycles. The molecular weight excluding hydrogens is 399 g/mol. The number of phenols is 1. The fourth-order valence-corrected chi connectivity index (χ4v) is 4.14. The molecule has 4 aromatic rings. The highest BCUT2D eigenvalue weighted by Crippen LogP contribution is 2.38. The number of aliphatic hydroxyl groups excluding tert-OH is 1. The van der Waals surface area contributed by atoms with Crippen LogP contribution in [-0.4, -0.2) is 51.5 Å². The number of halogens is 1. The minimum absolute atomic E-state index is 0.0348. The Bertz CT molecular complexity index is 1320. The Morgan fingerprint density at radius 3 is 2.74 bits per heavy atom. The maximum Gasteiger partial charge on any atom is 0.318 e. The number of pyridine rings is 1. The lowest BCUT2D eigenvalue weighted by Crippen LogP contribution is -2.51. The van der Waals surface area contributed by atoms with Crippen LogP contribution in [0.5, 0.6) is 11.8 Å². The van der Waals surface area contributed by atoms with Crippen molar-refractivity contribution in [2.24, 2.45) is 0 Å². The topological polar surface area (TPSA) is 91.6 Å². The van der Waals surface area contributed by atoms with E-state index >= 15 is 4.39 Å². The lowest BCUT2D eigenvalue weighted by molar-refractivity contribution is 0.141. The third-order valence-electron chi connectivity index (χ3n) is 5.67. The number of anilines is 1. The van der Waals surface area contributed by atoms with E-state index in [9.17, 15) is 10.2 Å². The molecular formula is C23H21FN4O3. The average Bonchev–Trinajstić information content (AvgIpc) is 2.75. The van der Waals surface area contributed by atoms with E-state index in [1.807, 2.05) is 30.0 Å². The van der Waals surface area contributed by atoms with Crippen LogP contribution in [0, 0.1) is 5.82 Å². The van der Waals surface area contributed by atoms with Gasteiger partial charge in [0.05, 0.1) is 18.6 Å². The second-order valence-electron chi connectivity index (χ2n) is 7.64. The summed E-state index contributed by atoms with van der Waals surface area (Å²) in [5.74, 6) is -0.106. The van der Waals surface area contributed by atoms with Crippen LogP contribution in [0.25, 0.3) is 32.9 Å². The molecule has 0 unspecified atom stereocenters.